The molecule has 0 spiro atoms. The van der Waals surface area contributed by atoms with Crippen molar-refractivity contribution in [3.8, 4) is 11.4 Å². The summed E-state index contributed by atoms with van der Waals surface area (Å²) >= 11 is 0. The Morgan fingerprint density at radius 3 is 2.30 bits per heavy atom. The van der Waals surface area contributed by atoms with Gasteiger partial charge in [-0.1, -0.05) is 30.3 Å². The zero-order valence-electron chi connectivity index (χ0n) is 17.2. The number of nitrogens with zero attached hydrogens (tertiary/aromatic N) is 2. The molecule has 0 aliphatic rings. The quantitative estimate of drug-likeness (QED) is 0.433. The van der Waals surface area contributed by atoms with Crippen LogP contribution >= 0.6 is 0 Å². The fourth-order valence-corrected chi connectivity index (χ4v) is 3.52. The van der Waals surface area contributed by atoms with E-state index in [1.807, 2.05) is 30.3 Å². The number of ether oxygens (including phenoxy) is 1. The molecule has 33 heavy (non-hydrogen) atoms. The first-order valence-electron chi connectivity index (χ1n) is 9.76. The van der Waals surface area contributed by atoms with Crippen LogP contribution in [0, 0.1) is 5.82 Å². The molecule has 0 unspecified atom stereocenters. The summed E-state index contributed by atoms with van der Waals surface area (Å²) in [6.07, 6.45) is 1.54. The maximum absolute atomic E-state index is 13.3. The molecule has 1 heterocycles. The van der Waals surface area contributed by atoms with Gasteiger partial charge in [0, 0.05) is 5.69 Å². The molecule has 10 heteroatoms. The number of amides is 1. The fraction of sp³-hybridized carbons (Fsp3) is 0.0435. The number of aromatic nitrogens is 2. The Labute approximate surface area is 189 Å². The van der Waals surface area contributed by atoms with Crippen LogP contribution in [-0.2, 0) is 16.6 Å². The van der Waals surface area contributed by atoms with Gasteiger partial charge in [0.1, 0.15) is 12.4 Å². The first kappa shape index (κ1) is 22.2. The van der Waals surface area contributed by atoms with E-state index in [9.17, 15) is 17.6 Å². The van der Waals surface area contributed by atoms with Crippen molar-refractivity contribution < 1.29 is 22.3 Å². The summed E-state index contributed by atoms with van der Waals surface area (Å²) < 4.78 is 43.4. The van der Waals surface area contributed by atoms with Crippen LogP contribution < -0.4 is 15.2 Å². The van der Waals surface area contributed by atoms with Crippen molar-refractivity contribution in [1.29, 1.82) is 0 Å². The van der Waals surface area contributed by atoms with E-state index in [2.05, 4.69) is 10.4 Å². The van der Waals surface area contributed by atoms with Crippen molar-refractivity contribution in [2.75, 3.05) is 5.32 Å². The maximum atomic E-state index is 13.3. The summed E-state index contributed by atoms with van der Waals surface area (Å²) in [5, 5.41) is 12.1. The van der Waals surface area contributed by atoms with E-state index in [-0.39, 0.29) is 22.9 Å². The topological polar surface area (TPSA) is 116 Å². The van der Waals surface area contributed by atoms with Crippen LogP contribution in [0.3, 0.4) is 0 Å². The minimum Gasteiger partial charge on any atom is -0.485 e. The van der Waals surface area contributed by atoms with Crippen molar-refractivity contribution in [3.63, 3.8) is 0 Å². The van der Waals surface area contributed by atoms with Gasteiger partial charge in [-0.15, -0.1) is 0 Å². The lowest BCUT2D eigenvalue weighted by molar-refractivity contribution is 0.101. The molecule has 1 amide bonds. The van der Waals surface area contributed by atoms with Gasteiger partial charge in [0.25, 0.3) is 5.91 Å². The van der Waals surface area contributed by atoms with Crippen LogP contribution in [-0.4, -0.2) is 24.1 Å². The summed E-state index contributed by atoms with van der Waals surface area (Å²) in [7, 11) is -3.85. The van der Waals surface area contributed by atoms with Gasteiger partial charge in [-0.25, -0.2) is 22.6 Å². The molecule has 0 radical (unpaired) electrons. The molecule has 0 atom stereocenters. The molecule has 0 saturated heterocycles. The number of anilines is 1. The Kier molecular flexibility index (Phi) is 6.20. The van der Waals surface area contributed by atoms with E-state index < -0.39 is 21.7 Å². The lowest BCUT2D eigenvalue weighted by Crippen LogP contribution is -2.15. The third-order valence-corrected chi connectivity index (χ3v) is 5.59. The van der Waals surface area contributed by atoms with Gasteiger partial charge in [-0.3, -0.25) is 4.79 Å². The van der Waals surface area contributed by atoms with Crippen LogP contribution in [0.4, 0.5) is 10.1 Å². The van der Waals surface area contributed by atoms with E-state index in [1.54, 1.807) is 0 Å². The third-order valence-electron chi connectivity index (χ3n) is 4.66. The smallest absolute Gasteiger partial charge is 0.280 e. The van der Waals surface area contributed by atoms with Crippen molar-refractivity contribution in [2.45, 2.75) is 11.5 Å². The van der Waals surface area contributed by atoms with Crippen molar-refractivity contribution in [2.24, 2.45) is 5.14 Å². The zero-order chi connectivity index (χ0) is 23.4. The maximum Gasteiger partial charge on any atom is 0.280 e. The van der Waals surface area contributed by atoms with Crippen molar-refractivity contribution >= 4 is 21.6 Å². The normalized spacial score (nSPS) is 11.2. The fourth-order valence-electron chi connectivity index (χ4n) is 3.00. The molecular formula is C23H19FN4O4S. The number of hydrogen-bond acceptors (Lipinski definition) is 5. The monoisotopic (exact) mass is 466 g/mol. The molecule has 0 fully saturated rings. The molecule has 8 nitrogen and oxygen atoms in total. The molecule has 0 aliphatic carbocycles. The van der Waals surface area contributed by atoms with Gasteiger partial charge < -0.3 is 10.1 Å². The Hall–Kier alpha value is -4.02. The number of carbonyl (C=O) groups excluding carboxylic acids is 1. The second-order valence-corrected chi connectivity index (χ2v) is 8.62. The number of nitrogens with one attached hydrogen (secondary N) is 1. The number of primary sulfonamides is 1. The molecule has 0 saturated carbocycles. The van der Waals surface area contributed by atoms with E-state index in [0.29, 0.717) is 11.4 Å². The van der Waals surface area contributed by atoms with Gasteiger partial charge in [0.2, 0.25) is 10.0 Å². The van der Waals surface area contributed by atoms with Crippen molar-refractivity contribution in [3.05, 3.63) is 102 Å². The Morgan fingerprint density at radius 2 is 1.67 bits per heavy atom. The summed E-state index contributed by atoms with van der Waals surface area (Å²) in [6.45, 7) is 0.208. The molecule has 4 rings (SSSR count). The highest BCUT2D eigenvalue weighted by Crippen LogP contribution is 2.23. The van der Waals surface area contributed by atoms with Gasteiger partial charge in [-0.05, 0) is 54.1 Å². The molecule has 168 valence electrons. The van der Waals surface area contributed by atoms with E-state index in [0.717, 1.165) is 5.56 Å². The molecule has 1 aromatic heterocycles. The number of rotatable bonds is 7. The highest BCUT2D eigenvalue weighted by molar-refractivity contribution is 7.89. The highest BCUT2D eigenvalue weighted by Gasteiger charge is 2.20. The first-order chi connectivity index (χ1) is 15.8. The molecular weight excluding hydrogens is 447 g/mol. The molecule has 3 N–H and O–H groups in total. The standard InChI is InChI=1S/C23H19FN4O4S/c24-17-6-10-19(11-7-17)28-14-21(32-15-16-4-2-1-3-5-16)22(27-28)23(29)26-18-8-12-20(13-9-18)33(25,30)31/h1-14H,15H2,(H,26,29)(H2,25,30,31). The molecule has 3 aromatic carbocycles. The van der Waals surface area contributed by atoms with E-state index in [4.69, 9.17) is 9.88 Å². The zero-order valence-corrected chi connectivity index (χ0v) is 18.0. The number of sulfonamides is 1. The van der Waals surface area contributed by atoms with E-state index in [1.165, 1.54) is 59.4 Å². The number of halogens is 1. The van der Waals surface area contributed by atoms with Crippen molar-refractivity contribution in [1.82, 2.24) is 9.78 Å². The average Bonchev–Trinajstić information content (AvgIpc) is 3.23. The third kappa shape index (κ3) is 5.43. The predicted molar refractivity (Wildman–Crippen MR) is 120 cm³/mol. The summed E-state index contributed by atoms with van der Waals surface area (Å²) in [4.78, 5) is 12.9. The average molecular weight is 466 g/mol. The van der Waals surface area contributed by atoms with Gasteiger partial charge >= 0.3 is 0 Å². The Morgan fingerprint density at radius 1 is 1.00 bits per heavy atom. The van der Waals surface area contributed by atoms with Crippen LogP contribution in [0.25, 0.3) is 5.69 Å². The van der Waals surface area contributed by atoms with Crippen LogP contribution in [0.5, 0.6) is 5.75 Å². The minimum atomic E-state index is -3.85. The number of hydrogen-bond donors (Lipinski definition) is 2. The van der Waals surface area contributed by atoms with Gasteiger partial charge in [0.15, 0.2) is 11.4 Å². The van der Waals surface area contributed by atoms with E-state index >= 15 is 0 Å². The lowest BCUT2D eigenvalue weighted by Gasteiger charge is -2.07. The first-order valence-corrected chi connectivity index (χ1v) is 11.3. The highest BCUT2D eigenvalue weighted by atomic mass is 32.2. The number of nitrogens with two attached hydrogens (primary N) is 1. The minimum absolute atomic E-state index is 0.00535. The largest absolute Gasteiger partial charge is 0.485 e. The molecule has 0 aliphatic heterocycles. The Bertz CT molecular complexity index is 1370. The summed E-state index contributed by atoms with van der Waals surface area (Å²) in [5.74, 6) is -0.739. The molecule has 4 aromatic rings. The Balaban J connectivity index is 1.61. The second kappa shape index (κ2) is 9.23. The summed E-state index contributed by atoms with van der Waals surface area (Å²) in [6, 6.07) is 20.4. The molecule has 0 bridgehead atoms. The number of carbonyl (C=O) groups is 1. The van der Waals surface area contributed by atoms with Gasteiger partial charge in [-0.2, -0.15) is 5.10 Å². The van der Waals surface area contributed by atoms with Crippen LogP contribution in [0.1, 0.15) is 16.1 Å². The number of benzene rings is 3. The van der Waals surface area contributed by atoms with Gasteiger partial charge in [0.05, 0.1) is 16.8 Å². The van der Waals surface area contributed by atoms with Crippen LogP contribution in [0.15, 0.2) is 90.0 Å². The SMILES string of the molecule is NS(=O)(=O)c1ccc(NC(=O)c2nn(-c3ccc(F)cc3)cc2OCc2ccccc2)cc1. The lowest BCUT2D eigenvalue weighted by atomic mass is 10.2. The van der Waals surface area contributed by atoms with Crippen LogP contribution in [0.2, 0.25) is 0 Å². The summed E-state index contributed by atoms with van der Waals surface area (Å²) in [5.41, 5.74) is 1.79. The predicted octanol–water partition coefficient (Wildman–Crippen LogP) is 3.49. The second-order valence-electron chi connectivity index (χ2n) is 7.06.